The first-order valence-corrected chi connectivity index (χ1v) is 11.7. The lowest BCUT2D eigenvalue weighted by molar-refractivity contribution is -0.180. The molecule has 0 amide bonds. The largest absolute Gasteiger partial charge is 0.462 e. The van der Waals surface area contributed by atoms with Crippen molar-refractivity contribution in [1.29, 1.82) is 0 Å². The van der Waals surface area contributed by atoms with Gasteiger partial charge in [-0.1, -0.05) is 31.1 Å². The molecule has 0 aromatic rings. The van der Waals surface area contributed by atoms with Crippen molar-refractivity contribution in [2.75, 3.05) is 0 Å². The number of hydrogen-bond donors (Lipinski definition) is 0. The molecule has 6 nitrogen and oxygen atoms in total. The molecule has 1 heterocycles. The molecule has 0 aromatic carbocycles. The molecule has 3 aliphatic rings. The highest BCUT2D eigenvalue weighted by Gasteiger charge is 2.54. The van der Waals surface area contributed by atoms with Crippen LogP contribution in [0.5, 0.6) is 0 Å². The Kier molecular flexibility index (Phi) is 7.31. The lowest BCUT2D eigenvalue weighted by Gasteiger charge is -2.50. The highest BCUT2D eigenvalue weighted by atomic mass is 16.6. The molecule has 1 aliphatic heterocycles. The summed E-state index contributed by atoms with van der Waals surface area (Å²) in [7, 11) is 0. The Bertz CT molecular complexity index is 879. The minimum absolute atomic E-state index is 0.0613. The molecule has 0 saturated heterocycles. The van der Waals surface area contributed by atoms with Crippen LogP contribution < -0.4 is 0 Å². The fraction of sp³-hybridized carbons (Fsp3) is 0.654. The number of carbonyl (C=O) groups excluding carboxylic acids is 3. The number of allylic oxidation sites excluding steroid dienone is 2. The first-order chi connectivity index (χ1) is 15.1. The van der Waals surface area contributed by atoms with Gasteiger partial charge in [0.2, 0.25) is 0 Å². The zero-order chi connectivity index (χ0) is 23.6. The van der Waals surface area contributed by atoms with Gasteiger partial charge in [0.1, 0.15) is 18.3 Å². The van der Waals surface area contributed by atoms with Gasteiger partial charge in [-0.25, -0.2) is 4.79 Å². The van der Waals surface area contributed by atoms with Gasteiger partial charge in [0, 0.05) is 30.8 Å². The Balaban J connectivity index is 2.13. The normalized spacial score (nSPS) is 34.4. The second kappa shape index (κ2) is 9.63. The van der Waals surface area contributed by atoms with Gasteiger partial charge in [0.05, 0.1) is 0 Å². The minimum atomic E-state index is -0.630. The van der Waals surface area contributed by atoms with E-state index in [-0.39, 0.29) is 29.9 Å². The van der Waals surface area contributed by atoms with Crippen LogP contribution in [0.25, 0.3) is 0 Å². The molecule has 0 bridgehead atoms. The van der Waals surface area contributed by atoms with Crippen LogP contribution in [-0.2, 0) is 28.6 Å². The molecule has 5 atom stereocenters. The first-order valence-electron chi connectivity index (χ1n) is 11.7. The Morgan fingerprint density at radius 3 is 2.56 bits per heavy atom. The molecule has 0 aromatic heterocycles. The third-order valence-corrected chi connectivity index (χ3v) is 7.40. The molecule has 0 fully saturated rings. The van der Waals surface area contributed by atoms with E-state index < -0.39 is 17.6 Å². The fourth-order valence-electron chi connectivity index (χ4n) is 5.45. The lowest BCUT2D eigenvalue weighted by atomic mass is 9.59. The van der Waals surface area contributed by atoms with Crippen LogP contribution in [0.2, 0.25) is 0 Å². The van der Waals surface area contributed by atoms with E-state index in [9.17, 15) is 14.4 Å². The quantitative estimate of drug-likeness (QED) is 0.346. The third-order valence-electron chi connectivity index (χ3n) is 7.40. The number of carbonyl (C=O) groups is 3. The molecule has 0 saturated carbocycles. The second-order valence-electron chi connectivity index (χ2n) is 9.66. The minimum Gasteiger partial charge on any atom is -0.462 e. The Morgan fingerprint density at radius 2 is 1.91 bits per heavy atom. The van der Waals surface area contributed by atoms with Crippen LogP contribution in [0.3, 0.4) is 0 Å². The standard InChI is InChI=1S/C26H36O6/c1-7-8-24(28)32-23-11-9-15(2)13-21-19(17(4)25(29)31-21)14-20-16(3)10-12-22(26(20,23)6)30-18(5)27/h10,13,20-23H,7-9,11-12,14H2,1-6H3/b15-13-/t20-,21-,22-,23-,26+/m1/s1. The number of esters is 3. The number of rotatable bonds is 4. The summed E-state index contributed by atoms with van der Waals surface area (Å²) in [4.78, 5) is 37.0. The maximum atomic E-state index is 12.6. The van der Waals surface area contributed by atoms with Crippen molar-refractivity contribution in [1.82, 2.24) is 0 Å². The van der Waals surface area contributed by atoms with E-state index in [2.05, 4.69) is 19.9 Å². The van der Waals surface area contributed by atoms with Gasteiger partial charge in [0.15, 0.2) is 0 Å². The zero-order valence-electron chi connectivity index (χ0n) is 20.2. The van der Waals surface area contributed by atoms with Gasteiger partial charge in [-0.2, -0.15) is 0 Å². The summed E-state index contributed by atoms with van der Waals surface area (Å²) in [5.41, 5.74) is 3.22. The van der Waals surface area contributed by atoms with Crippen LogP contribution in [0, 0.1) is 11.3 Å². The first kappa shape index (κ1) is 24.3. The molecule has 176 valence electrons. The van der Waals surface area contributed by atoms with Crippen LogP contribution in [0.1, 0.15) is 80.1 Å². The van der Waals surface area contributed by atoms with E-state index in [1.165, 1.54) is 6.92 Å². The van der Waals surface area contributed by atoms with E-state index in [1.807, 2.05) is 26.8 Å². The molecule has 3 rings (SSSR count). The molecule has 2 aliphatic carbocycles. The summed E-state index contributed by atoms with van der Waals surface area (Å²) in [5, 5.41) is 0. The van der Waals surface area contributed by atoms with E-state index in [1.54, 1.807) is 0 Å². The van der Waals surface area contributed by atoms with Crippen molar-refractivity contribution in [2.24, 2.45) is 11.3 Å². The number of ether oxygens (including phenoxy) is 3. The summed E-state index contributed by atoms with van der Waals surface area (Å²) in [5.74, 6) is -0.913. The molecule has 6 heteroatoms. The third kappa shape index (κ3) is 4.69. The molecular formula is C26H36O6. The molecule has 0 unspecified atom stereocenters. The van der Waals surface area contributed by atoms with Gasteiger partial charge in [-0.15, -0.1) is 0 Å². The molecule has 0 radical (unpaired) electrons. The molecule has 32 heavy (non-hydrogen) atoms. The van der Waals surface area contributed by atoms with E-state index in [0.717, 1.165) is 16.7 Å². The lowest BCUT2D eigenvalue weighted by Crippen LogP contribution is -2.54. The maximum absolute atomic E-state index is 12.6. The van der Waals surface area contributed by atoms with Crippen molar-refractivity contribution in [3.05, 3.63) is 34.4 Å². The monoisotopic (exact) mass is 444 g/mol. The van der Waals surface area contributed by atoms with Crippen LogP contribution in [0.15, 0.2) is 34.4 Å². The highest BCUT2D eigenvalue weighted by molar-refractivity contribution is 5.92. The van der Waals surface area contributed by atoms with Gasteiger partial charge in [-0.3, -0.25) is 9.59 Å². The predicted octanol–water partition coefficient (Wildman–Crippen LogP) is 4.97. The summed E-state index contributed by atoms with van der Waals surface area (Å²) in [6, 6.07) is 0. The zero-order valence-corrected chi connectivity index (χ0v) is 20.2. The summed E-state index contributed by atoms with van der Waals surface area (Å²) < 4.78 is 17.6. The SMILES string of the molecule is CCCC(=O)O[C@@H]1CC/C(C)=C\[C@H]2OC(=O)C(C)=C2C[C@@H]2C(C)=CC[C@@H](OC(C)=O)[C@]21C. The van der Waals surface area contributed by atoms with Crippen molar-refractivity contribution in [3.63, 3.8) is 0 Å². The van der Waals surface area contributed by atoms with Gasteiger partial charge < -0.3 is 14.2 Å². The fourth-order valence-corrected chi connectivity index (χ4v) is 5.45. The number of fused-ring (bicyclic) bond motifs is 2. The van der Waals surface area contributed by atoms with Gasteiger partial charge in [0.25, 0.3) is 0 Å². The summed E-state index contributed by atoms with van der Waals surface area (Å²) in [6.45, 7) is 11.4. The average Bonchev–Trinajstić information content (AvgIpc) is 2.97. The second-order valence-corrected chi connectivity index (χ2v) is 9.66. The van der Waals surface area contributed by atoms with Crippen molar-refractivity contribution < 1.29 is 28.6 Å². The molecule has 0 N–H and O–H groups in total. The molecular weight excluding hydrogens is 408 g/mol. The highest BCUT2D eigenvalue weighted by Crippen LogP contribution is 2.52. The van der Waals surface area contributed by atoms with Crippen molar-refractivity contribution >= 4 is 17.9 Å². The topological polar surface area (TPSA) is 78.9 Å². The van der Waals surface area contributed by atoms with Crippen LogP contribution >= 0.6 is 0 Å². The van der Waals surface area contributed by atoms with E-state index in [0.29, 0.717) is 44.1 Å². The van der Waals surface area contributed by atoms with Crippen molar-refractivity contribution in [3.8, 4) is 0 Å². The Hall–Kier alpha value is -2.37. The van der Waals surface area contributed by atoms with E-state index in [4.69, 9.17) is 14.2 Å². The van der Waals surface area contributed by atoms with Crippen LogP contribution in [-0.4, -0.2) is 36.2 Å². The molecule has 0 spiro atoms. The maximum Gasteiger partial charge on any atom is 0.334 e. The van der Waals surface area contributed by atoms with Gasteiger partial charge >= 0.3 is 17.9 Å². The van der Waals surface area contributed by atoms with Crippen molar-refractivity contribution in [2.45, 2.75) is 98.4 Å². The van der Waals surface area contributed by atoms with E-state index >= 15 is 0 Å². The smallest absolute Gasteiger partial charge is 0.334 e. The average molecular weight is 445 g/mol. The summed E-state index contributed by atoms with van der Waals surface area (Å²) >= 11 is 0. The number of hydrogen-bond acceptors (Lipinski definition) is 6. The predicted molar refractivity (Wildman–Crippen MR) is 121 cm³/mol. The summed E-state index contributed by atoms with van der Waals surface area (Å²) in [6.07, 6.45) is 6.47. The Morgan fingerprint density at radius 1 is 1.19 bits per heavy atom. The van der Waals surface area contributed by atoms with Crippen LogP contribution in [0.4, 0.5) is 0 Å². The Labute approximate surface area is 191 Å². The van der Waals surface area contributed by atoms with Gasteiger partial charge in [-0.05, 0) is 64.0 Å².